The second kappa shape index (κ2) is 8.15. The lowest BCUT2D eigenvalue weighted by molar-refractivity contribution is 0.0519. The summed E-state index contributed by atoms with van der Waals surface area (Å²) in [4.78, 5) is 13.0. The standard InChI is InChI=1S/C15H25BrN2O2S/c1-10(2)12(8-18-14(19)20-15(3,4)5)17-9-13-11(16)6-7-21-13/h6-7,10,12,17H,8-9H2,1-5H3,(H,18,19). The molecule has 1 heterocycles. The molecular formula is C15H25BrN2O2S. The number of halogens is 1. The normalized spacial score (nSPS) is 13.3. The van der Waals surface area contributed by atoms with Crippen molar-refractivity contribution in [2.45, 2.75) is 52.8 Å². The molecule has 2 N–H and O–H groups in total. The highest BCUT2D eigenvalue weighted by Gasteiger charge is 2.19. The molecule has 0 saturated heterocycles. The number of ether oxygens (including phenoxy) is 1. The topological polar surface area (TPSA) is 50.4 Å². The van der Waals surface area contributed by atoms with E-state index in [2.05, 4.69) is 45.8 Å². The molecule has 0 spiro atoms. The molecule has 6 heteroatoms. The third-order valence-corrected chi connectivity index (χ3v) is 4.81. The maximum Gasteiger partial charge on any atom is 0.407 e. The monoisotopic (exact) mass is 376 g/mol. The molecule has 1 aromatic heterocycles. The van der Waals surface area contributed by atoms with Crippen LogP contribution in [0.25, 0.3) is 0 Å². The maximum atomic E-state index is 11.7. The first kappa shape index (κ1) is 18.5. The van der Waals surface area contributed by atoms with E-state index in [0.717, 1.165) is 11.0 Å². The van der Waals surface area contributed by atoms with Crippen LogP contribution < -0.4 is 10.6 Å². The number of amides is 1. The van der Waals surface area contributed by atoms with Gasteiger partial charge in [-0.3, -0.25) is 0 Å². The smallest absolute Gasteiger partial charge is 0.407 e. The minimum atomic E-state index is -0.466. The number of hydrogen-bond acceptors (Lipinski definition) is 4. The number of carbonyl (C=O) groups excluding carboxylic acids is 1. The molecule has 0 saturated carbocycles. The maximum absolute atomic E-state index is 11.7. The second-order valence-corrected chi connectivity index (χ2v) is 8.16. The Bertz CT molecular complexity index is 455. The largest absolute Gasteiger partial charge is 0.444 e. The van der Waals surface area contributed by atoms with Crippen molar-refractivity contribution < 1.29 is 9.53 Å². The SMILES string of the molecule is CC(C)C(CNC(=O)OC(C)(C)C)NCc1sccc1Br. The molecule has 0 radical (unpaired) electrons. The zero-order valence-corrected chi connectivity index (χ0v) is 15.7. The van der Waals surface area contributed by atoms with Crippen molar-refractivity contribution in [3.63, 3.8) is 0 Å². The first-order chi connectivity index (χ1) is 9.69. The number of alkyl carbamates (subject to hydrolysis) is 1. The van der Waals surface area contributed by atoms with E-state index < -0.39 is 5.60 Å². The molecule has 120 valence electrons. The molecule has 1 aromatic rings. The van der Waals surface area contributed by atoms with Gasteiger partial charge in [-0.2, -0.15) is 0 Å². The first-order valence-electron chi connectivity index (χ1n) is 7.11. The Hall–Kier alpha value is -0.590. The Morgan fingerprint density at radius 3 is 2.57 bits per heavy atom. The highest BCUT2D eigenvalue weighted by Crippen LogP contribution is 2.22. The van der Waals surface area contributed by atoms with Crippen LogP contribution in [-0.2, 0) is 11.3 Å². The molecule has 0 aliphatic carbocycles. The summed E-state index contributed by atoms with van der Waals surface area (Å²) in [6, 6.07) is 2.25. The summed E-state index contributed by atoms with van der Waals surface area (Å²) in [7, 11) is 0. The van der Waals surface area contributed by atoms with Crippen LogP contribution in [0.4, 0.5) is 4.79 Å². The van der Waals surface area contributed by atoms with Crippen molar-refractivity contribution in [3.8, 4) is 0 Å². The summed E-state index contributed by atoms with van der Waals surface area (Å²) in [6.45, 7) is 11.2. The molecule has 1 atom stereocenters. The zero-order valence-electron chi connectivity index (χ0n) is 13.3. The van der Waals surface area contributed by atoms with Crippen LogP contribution in [0.2, 0.25) is 0 Å². The highest BCUT2D eigenvalue weighted by atomic mass is 79.9. The lowest BCUT2D eigenvalue weighted by Crippen LogP contribution is -2.45. The molecule has 0 aromatic carbocycles. The predicted molar refractivity (Wildman–Crippen MR) is 91.7 cm³/mol. The lowest BCUT2D eigenvalue weighted by atomic mass is 10.0. The summed E-state index contributed by atoms with van der Waals surface area (Å²) < 4.78 is 6.38. The molecule has 1 unspecified atom stereocenters. The fourth-order valence-electron chi connectivity index (χ4n) is 1.73. The molecule has 0 aliphatic rings. The summed E-state index contributed by atoms with van der Waals surface area (Å²) in [6.07, 6.45) is -0.368. The Balaban J connectivity index is 2.43. The van der Waals surface area contributed by atoms with Gasteiger partial charge in [-0.15, -0.1) is 11.3 Å². The predicted octanol–water partition coefficient (Wildman–Crippen LogP) is 4.15. The molecule has 1 amide bonds. The number of nitrogens with one attached hydrogen (secondary N) is 2. The van der Waals surface area contributed by atoms with Crippen LogP contribution >= 0.6 is 27.3 Å². The van der Waals surface area contributed by atoms with Crippen LogP contribution in [0.5, 0.6) is 0 Å². The fourth-order valence-corrected chi connectivity index (χ4v) is 3.17. The van der Waals surface area contributed by atoms with Gasteiger partial charge in [0.15, 0.2) is 0 Å². The summed E-state index contributed by atoms with van der Waals surface area (Å²) in [5, 5.41) is 8.38. The van der Waals surface area contributed by atoms with Gasteiger partial charge in [0, 0.05) is 28.5 Å². The average molecular weight is 377 g/mol. The molecule has 0 aliphatic heterocycles. The average Bonchev–Trinajstić information content (AvgIpc) is 2.72. The van der Waals surface area contributed by atoms with Gasteiger partial charge in [-0.05, 0) is 54.1 Å². The minimum absolute atomic E-state index is 0.200. The summed E-state index contributed by atoms with van der Waals surface area (Å²) in [5.41, 5.74) is -0.466. The van der Waals surface area contributed by atoms with Crippen LogP contribution in [0, 0.1) is 5.92 Å². The Labute approximate surface area is 139 Å². The van der Waals surface area contributed by atoms with Crippen LogP contribution in [0.15, 0.2) is 15.9 Å². The van der Waals surface area contributed by atoms with Gasteiger partial charge >= 0.3 is 6.09 Å². The highest BCUT2D eigenvalue weighted by molar-refractivity contribution is 9.10. The van der Waals surface area contributed by atoms with E-state index in [1.54, 1.807) is 11.3 Å². The van der Waals surface area contributed by atoms with E-state index in [-0.39, 0.29) is 12.1 Å². The Morgan fingerprint density at radius 1 is 1.43 bits per heavy atom. The number of rotatable bonds is 6. The van der Waals surface area contributed by atoms with E-state index in [1.807, 2.05) is 26.8 Å². The van der Waals surface area contributed by atoms with E-state index >= 15 is 0 Å². The van der Waals surface area contributed by atoms with E-state index in [9.17, 15) is 4.79 Å². The van der Waals surface area contributed by atoms with Crippen LogP contribution in [0.1, 0.15) is 39.5 Å². The van der Waals surface area contributed by atoms with Gasteiger partial charge < -0.3 is 15.4 Å². The molecule has 0 bridgehead atoms. The third kappa shape index (κ3) is 7.29. The first-order valence-corrected chi connectivity index (χ1v) is 8.78. The second-order valence-electron chi connectivity index (χ2n) is 6.31. The van der Waals surface area contributed by atoms with Gasteiger partial charge in [0.2, 0.25) is 0 Å². The molecule has 21 heavy (non-hydrogen) atoms. The molecule has 0 fully saturated rings. The number of thiophene rings is 1. The number of carbonyl (C=O) groups is 1. The minimum Gasteiger partial charge on any atom is -0.444 e. The molecule has 1 rings (SSSR count). The van der Waals surface area contributed by atoms with Crippen molar-refractivity contribution >= 4 is 33.4 Å². The van der Waals surface area contributed by atoms with E-state index in [0.29, 0.717) is 12.5 Å². The van der Waals surface area contributed by atoms with Crippen molar-refractivity contribution in [3.05, 3.63) is 20.8 Å². The zero-order chi connectivity index (χ0) is 16.0. The number of hydrogen-bond donors (Lipinski definition) is 2. The van der Waals surface area contributed by atoms with Crippen molar-refractivity contribution in [1.82, 2.24) is 10.6 Å². The Morgan fingerprint density at radius 2 is 2.10 bits per heavy atom. The van der Waals surface area contributed by atoms with Crippen molar-refractivity contribution in [1.29, 1.82) is 0 Å². The van der Waals surface area contributed by atoms with Crippen LogP contribution in [0.3, 0.4) is 0 Å². The lowest BCUT2D eigenvalue weighted by Gasteiger charge is -2.24. The van der Waals surface area contributed by atoms with Gasteiger partial charge in [0.05, 0.1) is 0 Å². The van der Waals surface area contributed by atoms with Gasteiger partial charge in [0.1, 0.15) is 5.60 Å². The fraction of sp³-hybridized carbons (Fsp3) is 0.667. The Kier molecular flexibility index (Phi) is 7.16. The van der Waals surface area contributed by atoms with Gasteiger partial charge in [-0.1, -0.05) is 13.8 Å². The molecular weight excluding hydrogens is 352 g/mol. The quantitative estimate of drug-likeness (QED) is 0.783. The van der Waals surface area contributed by atoms with Crippen molar-refractivity contribution in [2.24, 2.45) is 5.92 Å². The third-order valence-electron chi connectivity index (χ3n) is 2.89. The van der Waals surface area contributed by atoms with Gasteiger partial charge in [-0.25, -0.2) is 4.79 Å². The van der Waals surface area contributed by atoms with Gasteiger partial charge in [0.25, 0.3) is 0 Å². The van der Waals surface area contributed by atoms with E-state index in [4.69, 9.17) is 4.74 Å². The van der Waals surface area contributed by atoms with Crippen LogP contribution in [-0.4, -0.2) is 24.3 Å². The molecule has 4 nitrogen and oxygen atoms in total. The van der Waals surface area contributed by atoms with Crippen molar-refractivity contribution in [2.75, 3.05) is 6.54 Å². The summed E-state index contributed by atoms with van der Waals surface area (Å²) >= 11 is 5.24. The summed E-state index contributed by atoms with van der Waals surface area (Å²) in [5.74, 6) is 0.415. The van der Waals surface area contributed by atoms with E-state index in [1.165, 1.54) is 4.88 Å².